The third kappa shape index (κ3) is 3.46. The zero-order valence-corrected chi connectivity index (χ0v) is 18.1. The molecular weight excluding hydrogens is 455 g/mol. The van der Waals surface area contributed by atoms with Gasteiger partial charge < -0.3 is 4.74 Å². The van der Waals surface area contributed by atoms with E-state index in [4.69, 9.17) is 27.9 Å². The maximum Gasteiger partial charge on any atom is 0.267 e. The molecule has 1 N–H and O–H groups in total. The first-order valence-corrected chi connectivity index (χ1v) is 10.1. The molecule has 5 aromatic rings. The van der Waals surface area contributed by atoms with Crippen LogP contribution in [0.15, 0.2) is 58.4 Å². The number of pyridine rings is 3. The zero-order valence-electron chi connectivity index (χ0n) is 16.5. The minimum absolute atomic E-state index is 0.170. The van der Waals surface area contributed by atoms with Crippen molar-refractivity contribution in [1.29, 1.82) is 0 Å². The van der Waals surface area contributed by atoms with E-state index >= 15 is 0 Å². The minimum Gasteiger partial charge on any atom is -0.377 e. The molecule has 5 rings (SSSR count). The van der Waals surface area contributed by atoms with Crippen molar-refractivity contribution in [3.63, 3.8) is 0 Å². The molecule has 0 fully saturated rings. The van der Waals surface area contributed by atoms with Crippen molar-refractivity contribution in [1.82, 2.24) is 29.3 Å². The second-order valence-corrected chi connectivity index (χ2v) is 7.85. The number of hydrogen-bond donors (Lipinski definition) is 1. The number of nitrogens with one attached hydrogen (secondary N) is 1. The number of halogens is 2. The van der Waals surface area contributed by atoms with Gasteiger partial charge in [-0.2, -0.15) is 4.98 Å². The van der Waals surface area contributed by atoms with Crippen molar-refractivity contribution < 1.29 is 4.74 Å². The van der Waals surface area contributed by atoms with Crippen LogP contribution in [0.3, 0.4) is 0 Å². The average Bonchev–Trinajstić information content (AvgIpc) is 3.21. The van der Waals surface area contributed by atoms with E-state index in [0.717, 1.165) is 0 Å². The van der Waals surface area contributed by atoms with Crippen LogP contribution < -0.4 is 11.1 Å². The molecule has 0 aliphatic carbocycles. The van der Waals surface area contributed by atoms with E-state index in [1.54, 1.807) is 42.7 Å². The Bertz CT molecular complexity index is 1600. The molecule has 9 nitrogen and oxygen atoms in total. The van der Waals surface area contributed by atoms with Gasteiger partial charge in [0.2, 0.25) is 0 Å². The molecule has 0 amide bonds. The molecule has 0 unspecified atom stereocenters. The van der Waals surface area contributed by atoms with Crippen molar-refractivity contribution >= 4 is 45.0 Å². The Hall–Kier alpha value is -3.53. The molecule has 11 heteroatoms. The lowest BCUT2D eigenvalue weighted by Crippen LogP contribution is -2.21. The summed E-state index contributed by atoms with van der Waals surface area (Å²) in [6.07, 6.45) is 3.14. The Morgan fingerprint density at radius 2 is 1.53 bits per heavy atom. The van der Waals surface area contributed by atoms with Crippen LogP contribution in [0.4, 0.5) is 0 Å². The van der Waals surface area contributed by atoms with E-state index in [1.165, 1.54) is 22.3 Å². The average molecular weight is 469 g/mol. The van der Waals surface area contributed by atoms with Crippen molar-refractivity contribution in [2.24, 2.45) is 0 Å². The standard InChI is InChI=1S/C21H14Cl2N6O3/c1-32-10-18-25-21(27-26-18)29-5-3-17-15(20(29)31)9-14-16(24-17)2-4-28(19(14)30)13-7-11(22)6-12(23)8-13/h2-9H,10H2,1H3,(H,25,26,27). The van der Waals surface area contributed by atoms with Crippen LogP contribution in [0.25, 0.3) is 33.4 Å². The van der Waals surface area contributed by atoms with E-state index in [9.17, 15) is 9.59 Å². The Morgan fingerprint density at radius 3 is 2.19 bits per heavy atom. The highest BCUT2D eigenvalue weighted by Crippen LogP contribution is 2.22. The monoisotopic (exact) mass is 468 g/mol. The Labute approximate surface area is 189 Å². The first kappa shape index (κ1) is 20.4. The van der Waals surface area contributed by atoms with Gasteiger partial charge in [-0.3, -0.25) is 19.3 Å². The largest absolute Gasteiger partial charge is 0.377 e. The number of aromatic amines is 1. The van der Waals surface area contributed by atoms with Crippen LogP contribution in [0, 0.1) is 0 Å². The summed E-state index contributed by atoms with van der Waals surface area (Å²) >= 11 is 12.2. The molecular formula is C21H14Cl2N6O3. The highest BCUT2D eigenvalue weighted by atomic mass is 35.5. The van der Waals surface area contributed by atoms with Crippen molar-refractivity contribution in [3.05, 3.63) is 85.4 Å². The summed E-state index contributed by atoms with van der Waals surface area (Å²) in [7, 11) is 1.53. The molecule has 0 bridgehead atoms. The van der Waals surface area contributed by atoms with E-state index in [1.807, 2.05) is 0 Å². The molecule has 0 radical (unpaired) electrons. The SMILES string of the molecule is COCc1nc(-n2ccc3nc4ccn(-c5cc(Cl)cc(Cl)c5)c(=O)c4cc3c2=O)n[nH]1. The van der Waals surface area contributed by atoms with Gasteiger partial charge in [-0.1, -0.05) is 23.2 Å². The second kappa shape index (κ2) is 7.86. The quantitative estimate of drug-likeness (QED) is 0.405. The van der Waals surface area contributed by atoms with E-state index in [0.29, 0.717) is 32.6 Å². The summed E-state index contributed by atoms with van der Waals surface area (Å²) in [6.45, 7) is 0.231. The molecule has 0 saturated carbocycles. The van der Waals surface area contributed by atoms with Gasteiger partial charge in [0.1, 0.15) is 6.61 Å². The maximum absolute atomic E-state index is 13.2. The Kier molecular flexibility index (Phi) is 5.01. The summed E-state index contributed by atoms with van der Waals surface area (Å²) in [5.41, 5.74) is 0.663. The first-order chi connectivity index (χ1) is 15.4. The normalized spacial score (nSPS) is 11.5. The third-order valence-electron chi connectivity index (χ3n) is 4.88. The van der Waals surface area contributed by atoms with Crippen LogP contribution >= 0.6 is 23.2 Å². The van der Waals surface area contributed by atoms with E-state index in [2.05, 4.69) is 20.2 Å². The molecule has 0 aliphatic heterocycles. The molecule has 0 spiro atoms. The number of aromatic nitrogens is 6. The van der Waals surface area contributed by atoms with Gasteiger partial charge in [0.05, 0.1) is 27.5 Å². The summed E-state index contributed by atoms with van der Waals surface area (Å²) in [5, 5.41) is 8.12. The second-order valence-electron chi connectivity index (χ2n) is 6.98. The molecule has 4 heterocycles. The van der Waals surface area contributed by atoms with Gasteiger partial charge in [0, 0.05) is 29.5 Å². The van der Waals surface area contributed by atoms with Gasteiger partial charge in [-0.25, -0.2) is 9.55 Å². The van der Waals surface area contributed by atoms with Gasteiger partial charge >= 0.3 is 0 Å². The fourth-order valence-corrected chi connectivity index (χ4v) is 3.97. The van der Waals surface area contributed by atoms with Crippen LogP contribution in [-0.2, 0) is 11.3 Å². The number of fused-ring (bicyclic) bond motifs is 2. The van der Waals surface area contributed by atoms with Crippen LogP contribution in [0.5, 0.6) is 0 Å². The number of hydrogen-bond acceptors (Lipinski definition) is 6. The molecule has 160 valence electrons. The fraction of sp³-hybridized carbons (Fsp3) is 0.0952. The number of ether oxygens (including phenoxy) is 1. The van der Waals surface area contributed by atoms with Crippen LogP contribution in [0.1, 0.15) is 5.82 Å². The summed E-state index contributed by atoms with van der Waals surface area (Å²) in [6, 6.07) is 9.74. The fourth-order valence-electron chi connectivity index (χ4n) is 3.46. The summed E-state index contributed by atoms with van der Waals surface area (Å²) < 4.78 is 7.70. The van der Waals surface area contributed by atoms with Crippen LogP contribution in [0.2, 0.25) is 10.0 Å². The minimum atomic E-state index is -0.402. The number of rotatable bonds is 4. The first-order valence-electron chi connectivity index (χ1n) is 9.39. The smallest absolute Gasteiger partial charge is 0.267 e. The lowest BCUT2D eigenvalue weighted by molar-refractivity contribution is 0.178. The van der Waals surface area contributed by atoms with Crippen molar-refractivity contribution in [2.45, 2.75) is 6.61 Å². The van der Waals surface area contributed by atoms with Crippen molar-refractivity contribution in [2.75, 3.05) is 7.11 Å². The molecule has 0 atom stereocenters. The van der Waals surface area contributed by atoms with Crippen molar-refractivity contribution in [3.8, 4) is 11.6 Å². The maximum atomic E-state index is 13.2. The number of H-pyrrole nitrogens is 1. The molecule has 32 heavy (non-hydrogen) atoms. The van der Waals surface area contributed by atoms with Gasteiger partial charge in [0.15, 0.2) is 5.82 Å². The zero-order chi connectivity index (χ0) is 22.4. The Balaban J connectivity index is 1.71. The molecule has 1 aromatic carbocycles. The van der Waals surface area contributed by atoms with Gasteiger partial charge in [0.25, 0.3) is 17.1 Å². The van der Waals surface area contributed by atoms with Gasteiger partial charge in [-0.05, 0) is 36.4 Å². The number of methoxy groups -OCH3 is 1. The summed E-state index contributed by atoms with van der Waals surface area (Å²) in [4.78, 5) is 35.1. The third-order valence-corrected chi connectivity index (χ3v) is 5.32. The van der Waals surface area contributed by atoms with Crippen LogP contribution in [-0.4, -0.2) is 36.4 Å². The number of nitrogens with zero attached hydrogens (tertiary/aromatic N) is 5. The van der Waals surface area contributed by atoms with E-state index < -0.39 is 5.56 Å². The van der Waals surface area contributed by atoms with E-state index in [-0.39, 0.29) is 28.9 Å². The lowest BCUT2D eigenvalue weighted by atomic mass is 10.2. The highest BCUT2D eigenvalue weighted by Gasteiger charge is 2.14. The molecule has 0 aliphatic rings. The van der Waals surface area contributed by atoms with Gasteiger partial charge in [-0.15, -0.1) is 5.10 Å². The Morgan fingerprint density at radius 1 is 0.906 bits per heavy atom. The molecule has 4 aromatic heterocycles. The lowest BCUT2D eigenvalue weighted by Gasteiger charge is -2.09. The topological polar surface area (TPSA) is 108 Å². The molecule has 0 saturated heterocycles. The predicted octanol–water partition coefficient (Wildman–Crippen LogP) is 3.26. The predicted molar refractivity (Wildman–Crippen MR) is 121 cm³/mol. The summed E-state index contributed by atoms with van der Waals surface area (Å²) in [5.74, 6) is 0.650. The highest BCUT2D eigenvalue weighted by molar-refractivity contribution is 6.34. The number of benzene rings is 1.